The number of aliphatic hydroxyl groups is 1. The molecule has 5 heteroatoms. The van der Waals surface area contributed by atoms with E-state index in [2.05, 4.69) is 44.9 Å². The van der Waals surface area contributed by atoms with Crippen LogP contribution in [0.25, 0.3) is 5.82 Å². The average Bonchev–Trinajstić information content (AvgIpc) is 3.23. The molecule has 2 aromatic heterocycles. The lowest BCUT2D eigenvalue weighted by Gasteiger charge is -2.42. The molecule has 3 aromatic rings. The normalized spacial score (nSPS) is 19.9. The summed E-state index contributed by atoms with van der Waals surface area (Å²) in [6, 6.07) is 18.4. The zero-order valence-electron chi connectivity index (χ0n) is 17.0. The SMILES string of the molecule is COc1cccc(C[C@@]2(CO)CCCN(Cc3cccn3-c3ccccn3)C2)c1. The molecular weight excluding hydrogens is 362 g/mol. The topological polar surface area (TPSA) is 50.5 Å². The fourth-order valence-corrected chi connectivity index (χ4v) is 4.48. The number of methoxy groups -OCH3 is 1. The second-order valence-electron chi connectivity index (χ2n) is 8.06. The van der Waals surface area contributed by atoms with Crippen LogP contribution < -0.4 is 4.74 Å². The molecule has 152 valence electrons. The molecule has 1 fully saturated rings. The maximum atomic E-state index is 10.3. The van der Waals surface area contributed by atoms with Gasteiger partial charge < -0.3 is 14.4 Å². The molecule has 1 atom stereocenters. The number of benzene rings is 1. The second kappa shape index (κ2) is 8.80. The summed E-state index contributed by atoms with van der Waals surface area (Å²) in [5.74, 6) is 1.81. The second-order valence-corrected chi connectivity index (χ2v) is 8.06. The van der Waals surface area contributed by atoms with Crippen LogP contribution >= 0.6 is 0 Å². The lowest BCUT2D eigenvalue weighted by Crippen LogP contribution is -2.46. The fourth-order valence-electron chi connectivity index (χ4n) is 4.48. The molecule has 1 N–H and O–H groups in total. The van der Waals surface area contributed by atoms with Crippen molar-refractivity contribution in [3.8, 4) is 11.6 Å². The van der Waals surface area contributed by atoms with E-state index in [0.29, 0.717) is 0 Å². The van der Waals surface area contributed by atoms with E-state index < -0.39 is 0 Å². The minimum absolute atomic E-state index is 0.118. The maximum absolute atomic E-state index is 10.3. The Labute approximate surface area is 172 Å². The molecule has 5 nitrogen and oxygen atoms in total. The number of rotatable bonds is 7. The molecule has 1 saturated heterocycles. The molecule has 29 heavy (non-hydrogen) atoms. The molecule has 0 radical (unpaired) electrons. The van der Waals surface area contributed by atoms with Crippen molar-refractivity contribution < 1.29 is 9.84 Å². The first kappa shape index (κ1) is 19.7. The Kier molecular flexibility index (Phi) is 5.97. The van der Waals surface area contributed by atoms with E-state index in [0.717, 1.165) is 50.5 Å². The highest BCUT2D eigenvalue weighted by Gasteiger charge is 2.35. The van der Waals surface area contributed by atoms with E-state index in [1.165, 1.54) is 11.3 Å². The minimum Gasteiger partial charge on any atom is -0.497 e. The maximum Gasteiger partial charge on any atom is 0.136 e. The monoisotopic (exact) mass is 391 g/mol. The van der Waals surface area contributed by atoms with E-state index >= 15 is 0 Å². The van der Waals surface area contributed by atoms with Crippen molar-refractivity contribution in [2.45, 2.75) is 25.8 Å². The number of nitrogens with zero attached hydrogens (tertiary/aromatic N) is 3. The van der Waals surface area contributed by atoms with E-state index in [-0.39, 0.29) is 12.0 Å². The van der Waals surface area contributed by atoms with Crippen LogP contribution in [0.3, 0.4) is 0 Å². The average molecular weight is 392 g/mol. The predicted octanol–water partition coefficient (Wildman–Crippen LogP) is 3.70. The Morgan fingerprint density at radius 2 is 2.07 bits per heavy atom. The summed E-state index contributed by atoms with van der Waals surface area (Å²) in [6.45, 7) is 2.98. The number of ether oxygens (including phenoxy) is 1. The number of hydrogen-bond donors (Lipinski definition) is 1. The highest BCUT2D eigenvalue weighted by Crippen LogP contribution is 2.34. The lowest BCUT2D eigenvalue weighted by atomic mass is 9.75. The van der Waals surface area contributed by atoms with Crippen LogP contribution in [0.2, 0.25) is 0 Å². The first-order chi connectivity index (χ1) is 14.2. The molecule has 0 amide bonds. The van der Waals surface area contributed by atoms with Crippen LogP contribution in [0.4, 0.5) is 0 Å². The van der Waals surface area contributed by atoms with Crippen molar-refractivity contribution in [1.82, 2.24) is 14.5 Å². The van der Waals surface area contributed by atoms with Gasteiger partial charge >= 0.3 is 0 Å². The van der Waals surface area contributed by atoms with Crippen LogP contribution in [0.5, 0.6) is 5.75 Å². The van der Waals surface area contributed by atoms with Gasteiger partial charge in [0.05, 0.1) is 13.7 Å². The highest BCUT2D eigenvalue weighted by atomic mass is 16.5. The third-order valence-electron chi connectivity index (χ3n) is 5.90. The summed E-state index contributed by atoms with van der Waals surface area (Å²) >= 11 is 0. The number of hydrogen-bond acceptors (Lipinski definition) is 4. The van der Waals surface area contributed by atoms with Gasteiger partial charge in [-0.05, 0) is 67.8 Å². The number of pyridine rings is 1. The van der Waals surface area contributed by atoms with Crippen molar-refractivity contribution in [2.75, 3.05) is 26.8 Å². The molecule has 3 heterocycles. The van der Waals surface area contributed by atoms with Crippen molar-refractivity contribution in [3.05, 3.63) is 78.2 Å². The molecule has 0 bridgehead atoms. The van der Waals surface area contributed by atoms with Gasteiger partial charge in [0.1, 0.15) is 11.6 Å². The van der Waals surface area contributed by atoms with Gasteiger partial charge in [0.25, 0.3) is 0 Å². The number of aromatic nitrogens is 2. The van der Waals surface area contributed by atoms with Crippen molar-refractivity contribution in [2.24, 2.45) is 5.41 Å². The largest absolute Gasteiger partial charge is 0.497 e. The van der Waals surface area contributed by atoms with E-state index in [4.69, 9.17) is 4.74 Å². The van der Waals surface area contributed by atoms with Crippen molar-refractivity contribution in [1.29, 1.82) is 0 Å². The Balaban J connectivity index is 1.50. The van der Waals surface area contributed by atoms with Gasteiger partial charge in [-0.15, -0.1) is 0 Å². The molecule has 1 aliphatic rings. The molecule has 4 rings (SSSR count). The van der Waals surface area contributed by atoms with Gasteiger partial charge in [-0.3, -0.25) is 4.90 Å². The predicted molar refractivity (Wildman–Crippen MR) is 114 cm³/mol. The quantitative estimate of drug-likeness (QED) is 0.667. The van der Waals surface area contributed by atoms with Crippen LogP contribution in [0.1, 0.15) is 24.1 Å². The highest BCUT2D eigenvalue weighted by molar-refractivity contribution is 5.30. The first-order valence-corrected chi connectivity index (χ1v) is 10.3. The Bertz CT molecular complexity index is 925. The minimum atomic E-state index is -0.118. The van der Waals surface area contributed by atoms with Gasteiger partial charge in [0, 0.05) is 36.6 Å². The third-order valence-corrected chi connectivity index (χ3v) is 5.90. The summed E-state index contributed by atoms with van der Waals surface area (Å²) in [5.41, 5.74) is 2.32. The first-order valence-electron chi connectivity index (χ1n) is 10.3. The molecule has 0 spiro atoms. The van der Waals surface area contributed by atoms with E-state index in [1.54, 1.807) is 7.11 Å². The molecule has 0 aliphatic carbocycles. The fraction of sp³-hybridized carbons (Fsp3) is 0.375. The smallest absolute Gasteiger partial charge is 0.136 e. The van der Waals surface area contributed by atoms with Crippen LogP contribution in [0.15, 0.2) is 67.0 Å². The van der Waals surface area contributed by atoms with Gasteiger partial charge in [0.2, 0.25) is 0 Å². The summed E-state index contributed by atoms with van der Waals surface area (Å²) < 4.78 is 7.53. The van der Waals surface area contributed by atoms with Crippen molar-refractivity contribution >= 4 is 0 Å². The molecule has 0 unspecified atom stereocenters. The molecule has 0 saturated carbocycles. The van der Waals surface area contributed by atoms with E-state index in [9.17, 15) is 5.11 Å². The van der Waals surface area contributed by atoms with Gasteiger partial charge in [-0.2, -0.15) is 0 Å². The zero-order valence-corrected chi connectivity index (χ0v) is 17.0. The van der Waals surface area contributed by atoms with Crippen LogP contribution in [0, 0.1) is 5.41 Å². The van der Waals surface area contributed by atoms with E-state index in [1.807, 2.05) is 36.5 Å². The number of aliphatic hydroxyl groups excluding tert-OH is 1. The molecular formula is C24H29N3O2. The van der Waals surface area contributed by atoms with Gasteiger partial charge in [-0.25, -0.2) is 4.98 Å². The van der Waals surface area contributed by atoms with Crippen LogP contribution in [-0.2, 0) is 13.0 Å². The standard InChI is InChI=1S/C24H29N3O2/c1-29-22-9-4-7-20(15-22)16-24(19-28)11-6-13-26(18-24)17-21-8-5-14-27(21)23-10-2-3-12-25-23/h2-5,7-10,12,14-15,28H,6,11,13,16-19H2,1H3/t24-/m0/s1. The Morgan fingerprint density at radius 1 is 1.14 bits per heavy atom. The lowest BCUT2D eigenvalue weighted by molar-refractivity contribution is 0.0281. The number of piperidine rings is 1. The summed E-state index contributed by atoms with van der Waals surface area (Å²) in [6.07, 6.45) is 6.88. The third kappa shape index (κ3) is 4.52. The summed E-state index contributed by atoms with van der Waals surface area (Å²) in [5, 5.41) is 10.3. The van der Waals surface area contributed by atoms with Crippen LogP contribution in [-0.4, -0.2) is 46.4 Å². The Hall–Kier alpha value is -2.63. The summed E-state index contributed by atoms with van der Waals surface area (Å²) in [7, 11) is 1.69. The molecule has 1 aliphatic heterocycles. The number of likely N-dealkylation sites (tertiary alicyclic amines) is 1. The van der Waals surface area contributed by atoms with Gasteiger partial charge in [0.15, 0.2) is 0 Å². The van der Waals surface area contributed by atoms with Crippen molar-refractivity contribution in [3.63, 3.8) is 0 Å². The summed E-state index contributed by atoms with van der Waals surface area (Å²) in [4.78, 5) is 6.95. The molecule has 1 aromatic carbocycles. The Morgan fingerprint density at radius 3 is 2.86 bits per heavy atom. The zero-order chi connectivity index (χ0) is 20.1. The van der Waals surface area contributed by atoms with Gasteiger partial charge in [-0.1, -0.05) is 18.2 Å².